The van der Waals surface area contributed by atoms with Crippen LogP contribution in [0.3, 0.4) is 0 Å². The Hall–Kier alpha value is -2.58. The minimum Gasteiger partial charge on any atom is -0.481 e. The SMILES string of the molecule is C[C@@]1(CC(=O)O)C[C@H](c2cccc(Cl)c2)[C@@H](c2ccc(Cl)cc2)N([C@H](CS(=O)(=O)c2ccccc2Cl)C2CC2)C1=O. The molecule has 0 bridgehead atoms. The van der Waals surface area contributed by atoms with Crippen molar-refractivity contribution < 1.29 is 23.1 Å². The molecule has 1 saturated heterocycles. The first-order valence-electron chi connectivity index (χ1n) is 13.4. The number of carbonyl (C=O) groups excluding carboxylic acids is 1. The second kappa shape index (κ2) is 11.6. The van der Waals surface area contributed by atoms with Crippen LogP contribution in [0.1, 0.15) is 55.7 Å². The normalized spacial score (nSPS) is 23.8. The molecule has 1 aliphatic heterocycles. The maximum Gasteiger partial charge on any atom is 0.304 e. The fourth-order valence-electron chi connectivity index (χ4n) is 6.18. The molecule has 0 aromatic heterocycles. The first kappa shape index (κ1) is 29.9. The molecule has 5 rings (SSSR count). The zero-order valence-corrected chi connectivity index (χ0v) is 25.4. The summed E-state index contributed by atoms with van der Waals surface area (Å²) in [5.74, 6) is -2.21. The lowest BCUT2D eigenvalue weighted by Crippen LogP contribution is -2.58. The summed E-state index contributed by atoms with van der Waals surface area (Å²) in [6, 6.07) is 19.5. The smallest absolute Gasteiger partial charge is 0.304 e. The number of piperidine rings is 1. The average molecular weight is 635 g/mol. The highest BCUT2D eigenvalue weighted by Crippen LogP contribution is 2.54. The van der Waals surface area contributed by atoms with Gasteiger partial charge in [0.25, 0.3) is 0 Å². The van der Waals surface area contributed by atoms with Crippen molar-refractivity contribution in [3.05, 3.63) is 99.0 Å². The number of hydrogen-bond acceptors (Lipinski definition) is 4. The highest BCUT2D eigenvalue weighted by molar-refractivity contribution is 7.91. The summed E-state index contributed by atoms with van der Waals surface area (Å²) in [4.78, 5) is 28.3. The van der Waals surface area contributed by atoms with Gasteiger partial charge in [0.15, 0.2) is 9.84 Å². The van der Waals surface area contributed by atoms with Gasteiger partial charge in [-0.15, -0.1) is 0 Å². The van der Waals surface area contributed by atoms with E-state index in [-0.39, 0.29) is 46.3 Å². The summed E-state index contributed by atoms with van der Waals surface area (Å²) in [5, 5.41) is 11.0. The van der Waals surface area contributed by atoms with Gasteiger partial charge in [0.05, 0.1) is 33.5 Å². The lowest BCUT2D eigenvalue weighted by Gasteiger charge is -2.52. The molecule has 1 saturated carbocycles. The Bertz CT molecular complexity index is 1570. The maximum atomic E-state index is 14.5. The van der Waals surface area contributed by atoms with E-state index in [1.807, 2.05) is 30.3 Å². The molecule has 1 aliphatic carbocycles. The Morgan fingerprint density at radius 2 is 1.66 bits per heavy atom. The molecule has 6 nitrogen and oxygen atoms in total. The molecule has 10 heteroatoms. The third-order valence-corrected chi connectivity index (χ3v) is 11.0. The number of rotatable bonds is 9. The topological polar surface area (TPSA) is 91.8 Å². The number of likely N-dealkylation sites (tertiary alicyclic amines) is 1. The van der Waals surface area contributed by atoms with Crippen molar-refractivity contribution in [2.45, 2.75) is 55.5 Å². The number of amides is 1. The molecule has 1 N–H and O–H groups in total. The average Bonchev–Trinajstić information content (AvgIpc) is 3.75. The Morgan fingerprint density at radius 3 is 2.27 bits per heavy atom. The Kier molecular flexibility index (Phi) is 8.46. The number of halogens is 3. The van der Waals surface area contributed by atoms with Crippen molar-refractivity contribution in [3.8, 4) is 0 Å². The maximum absolute atomic E-state index is 14.5. The van der Waals surface area contributed by atoms with E-state index in [2.05, 4.69) is 0 Å². The molecule has 3 aromatic carbocycles. The fourth-order valence-corrected chi connectivity index (χ4v) is 8.71. The monoisotopic (exact) mass is 633 g/mol. The molecule has 0 radical (unpaired) electrons. The van der Waals surface area contributed by atoms with Crippen LogP contribution in [-0.2, 0) is 19.4 Å². The summed E-state index contributed by atoms with van der Waals surface area (Å²) >= 11 is 18.9. The summed E-state index contributed by atoms with van der Waals surface area (Å²) in [6.07, 6.45) is 1.38. The van der Waals surface area contributed by atoms with Crippen LogP contribution in [0.15, 0.2) is 77.7 Å². The van der Waals surface area contributed by atoms with Crippen molar-refractivity contribution >= 4 is 56.5 Å². The third kappa shape index (κ3) is 6.29. The predicted octanol–water partition coefficient (Wildman–Crippen LogP) is 7.44. The van der Waals surface area contributed by atoms with Crippen LogP contribution in [0.5, 0.6) is 0 Å². The van der Waals surface area contributed by atoms with E-state index in [0.717, 1.165) is 24.0 Å². The zero-order valence-electron chi connectivity index (χ0n) is 22.3. The predicted molar refractivity (Wildman–Crippen MR) is 160 cm³/mol. The molecule has 216 valence electrons. The quantitative estimate of drug-likeness (QED) is 0.264. The Balaban J connectivity index is 1.69. The highest BCUT2D eigenvalue weighted by atomic mass is 35.5. The standard InChI is InChI=1S/C31H30Cl3NO5S/c1-31(17-28(36)37)16-24(21-5-4-6-23(33)15-21)29(20-11-13-22(32)14-12-20)35(30(31)38)26(19-9-10-19)18-41(39,40)27-8-3-2-7-25(27)34/h2-8,11-15,19,24,26,29H,9-10,16-18H2,1H3,(H,36,37)/t24-,26-,29-,31+/m1/s1. The number of nitrogens with zero attached hydrogens (tertiary/aromatic N) is 1. The molecule has 1 heterocycles. The number of carboxylic acids is 1. The summed E-state index contributed by atoms with van der Waals surface area (Å²) in [7, 11) is -3.91. The number of carbonyl (C=O) groups is 2. The van der Waals surface area contributed by atoms with E-state index < -0.39 is 33.3 Å². The van der Waals surface area contributed by atoms with E-state index in [9.17, 15) is 23.1 Å². The van der Waals surface area contributed by atoms with E-state index in [1.165, 1.54) is 12.1 Å². The van der Waals surface area contributed by atoms with Gasteiger partial charge in [0, 0.05) is 22.0 Å². The minimum absolute atomic E-state index is 0.0134. The summed E-state index contributed by atoms with van der Waals surface area (Å²) in [5.41, 5.74) is 0.351. The van der Waals surface area contributed by atoms with Gasteiger partial charge in [0.2, 0.25) is 5.91 Å². The molecule has 0 spiro atoms. The van der Waals surface area contributed by atoms with Crippen molar-refractivity contribution in [2.24, 2.45) is 11.3 Å². The van der Waals surface area contributed by atoms with Crippen LogP contribution in [0.4, 0.5) is 0 Å². The number of sulfone groups is 1. The van der Waals surface area contributed by atoms with Gasteiger partial charge in [0.1, 0.15) is 0 Å². The minimum atomic E-state index is -3.91. The lowest BCUT2D eigenvalue weighted by molar-refractivity contribution is -0.160. The van der Waals surface area contributed by atoms with E-state index in [4.69, 9.17) is 34.8 Å². The van der Waals surface area contributed by atoms with Crippen LogP contribution in [0.25, 0.3) is 0 Å². The van der Waals surface area contributed by atoms with Crippen LogP contribution < -0.4 is 0 Å². The second-order valence-electron chi connectivity index (χ2n) is 11.3. The number of benzene rings is 3. The summed E-state index contributed by atoms with van der Waals surface area (Å²) in [6.45, 7) is 1.67. The van der Waals surface area contributed by atoms with Crippen LogP contribution in [0, 0.1) is 11.3 Å². The van der Waals surface area contributed by atoms with Crippen LogP contribution in [-0.4, -0.2) is 42.1 Å². The molecule has 1 amide bonds. The van der Waals surface area contributed by atoms with Gasteiger partial charge in [-0.2, -0.15) is 0 Å². The third-order valence-electron chi connectivity index (χ3n) is 8.22. The van der Waals surface area contributed by atoms with Crippen LogP contribution >= 0.6 is 34.8 Å². The second-order valence-corrected chi connectivity index (χ2v) is 14.6. The molecular formula is C31H30Cl3NO5S. The molecule has 3 aromatic rings. The first-order chi connectivity index (χ1) is 19.4. The molecular weight excluding hydrogens is 605 g/mol. The Labute approximate surface area is 255 Å². The number of carboxylic acid groups (broad SMARTS) is 1. The zero-order chi connectivity index (χ0) is 29.5. The van der Waals surface area contributed by atoms with Gasteiger partial charge in [-0.1, -0.05) is 78.1 Å². The van der Waals surface area contributed by atoms with Crippen molar-refractivity contribution in [1.82, 2.24) is 4.90 Å². The Morgan fingerprint density at radius 1 is 0.976 bits per heavy atom. The van der Waals surface area contributed by atoms with Crippen molar-refractivity contribution in [3.63, 3.8) is 0 Å². The molecule has 41 heavy (non-hydrogen) atoms. The van der Waals surface area contributed by atoms with E-state index in [1.54, 1.807) is 42.2 Å². The van der Waals surface area contributed by atoms with E-state index in [0.29, 0.717) is 10.0 Å². The lowest BCUT2D eigenvalue weighted by atomic mass is 9.67. The van der Waals surface area contributed by atoms with Gasteiger partial charge in [-0.3, -0.25) is 9.59 Å². The summed E-state index contributed by atoms with van der Waals surface area (Å²) < 4.78 is 27.6. The molecule has 4 atom stereocenters. The fraction of sp³-hybridized carbons (Fsp3) is 0.355. The molecule has 0 unspecified atom stereocenters. The molecule has 2 fully saturated rings. The van der Waals surface area contributed by atoms with Gasteiger partial charge in [-0.25, -0.2) is 8.42 Å². The molecule has 2 aliphatic rings. The van der Waals surface area contributed by atoms with Gasteiger partial charge < -0.3 is 10.0 Å². The number of hydrogen-bond donors (Lipinski definition) is 1. The van der Waals surface area contributed by atoms with Gasteiger partial charge in [-0.05, 0) is 72.7 Å². The van der Waals surface area contributed by atoms with E-state index >= 15 is 0 Å². The van der Waals surface area contributed by atoms with Gasteiger partial charge >= 0.3 is 5.97 Å². The van der Waals surface area contributed by atoms with Crippen LogP contribution in [0.2, 0.25) is 15.1 Å². The number of aliphatic carboxylic acids is 1. The van der Waals surface area contributed by atoms with Crippen molar-refractivity contribution in [1.29, 1.82) is 0 Å². The first-order valence-corrected chi connectivity index (χ1v) is 16.2. The largest absolute Gasteiger partial charge is 0.481 e. The highest BCUT2D eigenvalue weighted by Gasteiger charge is 2.55. The van der Waals surface area contributed by atoms with Crippen molar-refractivity contribution in [2.75, 3.05) is 5.75 Å².